The minimum atomic E-state index is -0.0276. The molecule has 0 aliphatic heterocycles. The van der Waals surface area contributed by atoms with Gasteiger partial charge in [-0.2, -0.15) is 0 Å². The molecule has 0 radical (unpaired) electrons. The molecular formula is C17H20ClNO2. The minimum absolute atomic E-state index is 0.0276. The highest BCUT2D eigenvalue weighted by Gasteiger charge is 2.10. The molecule has 0 atom stereocenters. The van der Waals surface area contributed by atoms with Crippen molar-refractivity contribution in [3.8, 4) is 17.0 Å². The fourth-order valence-corrected chi connectivity index (χ4v) is 2.50. The van der Waals surface area contributed by atoms with Crippen molar-refractivity contribution in [1.29, 1.82) is 0 Å². The van der Waals surface area contributed by atoms with Crippen LogP contribution < -0.4 is 10.3 Å². The highest BCUT2D eigenvalue weighted by molar-refractivity contribution is 6.17. The largest absolute Gasteiger partial charge is 0.491 e. The van der Waals surface area contributed by atoms with Crippen molar-refractivity contribution in [3.05, 3.63) is 52.3 Å². The van der Waals surface area contributed by atoms with Gasteiger partial charge in [-0.3, -0.25) is 4.79 Å². The SMILES string of the molecule is CCn1c(-c2cccc(OC(C)C)c2)ccc(CCl)c1=O. The zero-order valence-electron chi connectivity index (χ0n) is 12.6. The Kier molecular flexibility index (Phi) is 5.07. The molecule has 0 bridgehead atoms. The van der Waals surface area contributed by atoms with E-state index in [2.05, 4.69) is 0 Å². The molecule has 1 aromatic heterocycles. The summed E-state index contributed by atoms with van der Waals surface area (Å²) < 4.78 is 7.46. The van der Waals surface area contributed by atoms with Gasteiger partial charge in [-0.25, -0.2) is 0 Å². The van der Waals surface area contributed by atoms with Crippen molar-refractivity contribution in [2.75, 3.05) is 0 Å². The fraction of sp³-hybridized carbons (Fsp3) is 0.353. The Balaban J connectivity index is 2.51. The van der Waals surface area contributed by atoms with E-state index in [9.17, 15) is 4.79 Å². The van der Waals surface area contributed by atoms with E-state index >= 15 is 0 Å². The standard InChI is InChI=1S/C17H20ClNO2/c1-4-19-16(9-8-14(11-18)17(19)20)13-6-5-7-15(10-13)21-12(2)3/h5-10,12H,4,11H2,1-3H3. The number of ether oxygens (including phenoxy) is 1. The first-order chi connectivity index (χ1) is 10.1. The van der Waals surface area contributed by atoms with Crippen LogP contribution in [0.4, 0.5) is 0 Å². The van der Waals surface area contributed by atoms with Crippen LogP contribution in [0.3, 0.4) is 0 Å². The normalized spacial score (nSPS) is 10.9. The molecule has 2 aromatic rings. The molecular weight excluding hydrogens is 286 g/mol. The Morgan fingerprint density at radius 1 is 1.24 bits per heavy atom. The Labute approximate surface area is 130 Å². The zero-order valence-corrected chi connectivity index (χ0v) is 13.4. The number of benzene rings is 1. The van der Waals surface area contributed by atoms with Gasteiger partial charge in [0.25, 0.3) is 5.56 Å². The molecule has 0 N–H and O–H groups in total. The van der Waals surface area contributed by atoms with E-state index < -0.39 is 0 Å². The van der Waals surface area contributed by atoms with Crippen molar-refractivity contribution < 1.29 is 4.74 Å². The van der Waals surface area contributed by atoms with Crippen LogP contribution in [0.1, 0.15) is 26.3 Å². The summed E-state index contributed by atoms with van der Waals surface area (Å²) in [4.78, 5) is 12.3. The monoisotopic (exact) mass is 305 g/mol. The molecule has 1 heterocycles. The summed E-state index contributed by atoms with van der Waals surface area (Å²) in [6.45, 7) is 6.54. The van der Waals surface area contributed by atoms with Gasteiger partial charge in [0.05, 0.1) is 17.7 Å². The van der Waals surface area contributed by atoms with Crippen molar-refractivity contribution in [3.63, 3.8) is 0 Å². The van der Waals surface area contributed by atoms with Crippen molar-refractivity contribution >= 4 is 11.6 Å². The third-order valence-corrected chi connectivity index (χ3v) is 3.50. The highest BCUT2D eigenvalue weighted by atomic mass is 35.5. The summed E-state index contributed by atoms with van der Waals surface area (Å²) in [5, 5.41) is 0. The van der Waals surface area contributed by atoms with E-state index in [0.29, 0.717) is 12.1 Å². The number of pyridine rings is 1. The number of halogens is 1. The summed E-state index contributed by atoms with van der Waals surface area (Å²) in [6.07, 6.45) is 0.118. The molecule has 0 aliphatic carbocycles. The molecule has 1 aromatic carbocycles. The van der Waals surface area contributed by atoms with Crippen LogP contribution in [0.2, 0.25) is 0 Å². The summed E-state index contributed by atoms with van der Waals surface area (Å²) >= 11 is 5.81. The number of nitrogens with zero attached hydrogens (tertiary/aromatic N) is 1. The molecule has 112 valence electrons. The van der Waals surface area contributed by atoms with Gasteiger partial charge in [-0.15, -0.1) is 11.6 Å². The van der Waals surface area contributed by atoms with E-state index in [4.69, 9.17) is 16.3 Å². The third-order valence-electron chi connectivity index (χ3n) is 3.21. The Morgan fingerprint density at radius 2 is 2.00 bits per heavy atom. The summed E-state index contributed by atoms with van der Waals surface area (Å²) in [6, 6.07) is 11.5. The quantitative estimate of drug-likeness (QED) is 0.780. The van der Waals surface area contributed by atoms with Gasteiger partial charge in [0.2, 0.25) is 0 Å². The molecule has 0 amide bonds. The van der Waals surface area contributed by atoms with Gasteiger partial charge in [0.15, 0.2) is 0 Å². The molecule has 4 heteroatoms. The second-order valence-electron chi connectivity index (χ2n) is 5.12. The van der Waals surface area contributed by atoms with Crippen LogP contribution in [0.25, 0.3) is 11.3 Å². The Bertz CT molecular complexity index is 677. The second-order valence-corrected chi connectivity index (χ2v) is 5.39. The van der Waals surface area contributed by atoms with Crippen LogP contribution in [-0.2, 0) is 12.4 Å². The molecule has 2 rings (SSSR count). The van der Waals surface area contributed by atoms with Crippen LogP contribution >= 0.6 is 11.6 Å². The van der Waals surface area contributed by atoms with Crippen LogP contribution in [0, 0.1) is 0 Å². The van der Waals surface area contributed by atoms with E-state index in [0.717, 1.165) is 17.0 Å². The van der Waals surface area contributed by atoms with Crippen LogP contribution in [-0.4, -0.2) is 10.7 Å². The van der Waals surface area contributed by atoms with Gasteiger partial charge >= 0.3 is 0 Å². The number of alkyl halides is 1. The average Bonchev–Trinajstić information content (AvgIpc) is 2.46. The molecule has 0 unspecified atom stereocenters. The maximum Gasteiger partial charge on any atom is 0.255 e. The number of hydrogen-bond acceptors (Lipinski definition) is 2. The number of aromatic nitrogens is 1. The molecule has 3 nitrogen and oxygen atoms in total. The lowest BCUT2D eigenvalue weighted by Gasteiger charge is -2.14. The fourth-order valence-electron chi connectivity index (χ4n) is 2.29. The first-order valence-electron chi connectivity index (χ1n) is 7.12. The maximum absolute atomic E-state index is 12.3. The zero-order chi connectivity index (χ0) is 15.4. The van der Waals surface area contributed by atoms with Gasteiger partial charge in [0.1, 0.15) is 5.75 Å². The Morgan fingerprint density at radius 3 is 2.62 bits per heavy atom. The summed E-state index contributed by atoms with van der Waals surface area (Å²) in [5.74, 6) is 1.04. The predicted octanol–water partition coefficient (Wildman–Crippen LogP) is 4.06. The molecule has 0 aliphatic rings. The van der Waals surface area contributed by atoms with E-state index in [-0.39, 0.29) is 17.5 Å². The molecule has 0 saturated heterocycles. The van der Waals surface area contributed by atoms with Gasteiger partial charge in [-0.1, -0.05) is 18.2 Å². The lowest BCUT2D eigenvalue weighted by Crippen LogP contribution is -2.23. The maximum atomic E-state index is 12.3. The topological polar surface area (TPSA) is 31.2 Å². The predicted molar refractivity (Wildman–Crippen MR) is 87.1 cm³/mol. The van der Waals surface area contributed by atoms with Crippen LogP contribution in [0.5, 0.6) is 5.75 Å². The van der Waals surface area contributed by atoms with Gasteiger partial charge in [0, 0.05) is 17.7 Å². The van der Waals surface area contributed by atoms with Crippen molar-refractivity contribution in [1.82, 2.24) is 4.57 Å². The molecule has 0 fully saturated rings. The summed E-state index contributed by atoms with van der Waals surface area (Å²) in [5.41, 5.74) is 2.44. The lowest BCUT2D eigenvalue weighted by molar-refractivity contribution is 0.242. The van der Waals surface area contributed by atoms with Crippen molar-refractivity contribution in [2.45, 2.75) is 39.3 Å². The smallest absolute Gasteiger partial charge is 0.255 e. The van der Waals surface area contributed by atoms with E-state index in [1.165, 1.54) is 0 Å². The average molecular weight is 306 g/mol. The van der Waals surface area contributed by atoms with Crippen molar-refractivity contribution in [2.24, 2.45) is 0 Å². The molecule has 0 saturated carbocycles. The van der Waals surface area contributed by atoms with Gasteiger partial charge < -0.3 is 9.30 Å². The number of rotatable bonds is 5. The molecule has 21 heavy (non-hydrogen) atoms. The third kappa shape index (κ3) is 3.48. The number of hydrogen-bond donors (Lipinski definition) is 0. The Hall–Kier alpha value is -1.74. The van der Waals surface area contributed by atoms with Crippen LogP contribution in [0.15, 0.2) is 41.2 Å². The lowest BCUT2D eigenvalue weighted by atomic mass is 10.1. The highest BCUT2D eigenvalue weighted by Crippen LogP contribution is 2.24. The minimum Gasteiger partial charge on any atom is -0.491 e. The van der Waals surface area contributed by atoms with Gasteiger partial charge in [-0.05, 0) is 39.0 Å². The first kappa shape index (κ1) is 15.6. The first-order valence-corrected chi connectivity index (χ1v) is 7.66. The molecule has 0 spiro atoms. The van der Waals surface area contributed by atoms with E-state index in [1.807, 2.05) is 51.1 Å². The summed E-state index contributed by atoms with van der Waals surface area (Å²) in [7, 11) is 0. The van der Waals surface area contributed by atoms with E-state index in [1.54, 1.807) is 10.6 Å². The second kappa shape index (κ2) is 6.81.